The zero-order chi connectivity index (χ0) is 16.6. The molecule has 6 nitrogen and oxygen atoms in total. The molecule has 122 valence electrons. The number of carbonyl (C=O) groups excluding carboxylic acids is 1. The maximum absolute atomic E-state index is 12.4. The van der Waals surface area contributed by atoms with Crippen molar-refractivity contribution in [3.05, 3.63) is 47.8 Å². The number of nitrogens with one attached hydrogen (secondary N) is 1. The van der Waals surface area contributed by atoms with Crippen molar-refractivity contribution in [2.45, 2.75) is 17.7 Å². The highest BCUT2D eigenvalue weighted by Crippen LogP contribution is 2.29. The zero-order valence-corrected chi connectivity index (χ0v) is 13.9. The third-order valence-electron chi connectivity index (χ3n) is 4.04. The molecule has 1 N–H and O–H groups in total. The molecule has 2 heterocycles. The van der Waals surface area contributed by atoms with Gasteiger partial charge < -0.3 is 9.47 Å². The van der Waals surface area contributed by atoms with Crippen molar-refractivity contribution < 1.29 is 13.2 Å². The summed E-state index contributed by atoms with van der Waals surface area (Å²) < 4.78 is 29.3. The number of nitrogens with zero attached hydrogens (tertiary/aromatic N) is 2. The molecule has 0 bridgehead atoms. The fraction of sp³-hybridized carbons (Fsp3) is 0.312. The van der Waals surface area contributed by atoms with Gasteiger partial charge in [-0.05, 0) is 41.8 Å². The van der Waals surface area contributed by atoms with Crippen LogP contribution in [0.25, 0.3) is 0 Å². The summed E-state index contributed by atoms with van der Waals surface area (Å²) in [4.78, 5) is 13.4. The van der Waals surface area contributed by atoms with Gasteiger partial charge in [0.05, 0.1) is 11.3 Å². The number of benzene rings is 1. The molecule has 1 aromatic heterocycles. The first-order chi connectivity index (χ1) is 10.9. The van der Waals surface area contributed by atoms with Crippen molar-refractivity contribution in [1.29, 1.82) is 0 Å². The molecule has 0 atom stereocenters. The summed E-state index contributed by atoms with van der Waals surface area (Å²) in [6.45, 7) is 0.336. The number of amides is 1. The SMILES string of the molecule is CN1C(=O)Cc2cc(S(=O)(=O)NCCc3ccn(C)c3)ccc21. The number of aromatic nitrogens is 1. The Balaban J connectivity index is 1.70. The Morgan fingerprint density at radius 1 is 1.22 bits per heavy atom. The Bertz CT molecular complexity index is 855. The lowest BCUT2D eigenvalue weighted by Crippen LogP contribution is -2.26. The van der Waals surface area contributed by atoms with Crippen molar-refractivity contribution in [2.75, 3.05) is 18.5 Å². The molecule has 3 rings (SSSR count). The highest BCUT2D eigenvalue weighted by molar-refractivity contribution is 7.89. The van der Waals surface area contributed by atoms with Gasteiger partial charge in [0.2, 0.25) is 15.9 Å². The van der Waals surface area contributed by atoms with Crippen LogP contribution in [0.3, 0.4) is 0 Å². The van der Waals surface area contributed by atoms with E-state index in [2.05, 4.69) is 4.72 Å². The Labute approximate surface area is 135 Å². The van der Waals surface area contributed by atoms with Gasteiger partial charge in [0.25, 0.3) is 0 Å². The van der Waals surface area contributed by atoms with Crippen LogP contribution in [0.4, 0.5) is 5.69 Å². The number of anilines is 1. The monoisotopic (exact) mass is 333 g/mol. The van der Waals surface area contributed by atoms with Crippen molar-refractivity contribution in [1.82, 2.24) is 9.29 Å². The summed E-state index contributed by atoms with van der Waals surface area (Å²) in [5.74, 6) is -0.0217. The van der Waals surface area contributed by atoms with Crippen LogP contribution in [0.15, 0.2) is 41.6 Å². The van der Waals surface area contributed by atoms with Gasteiger partial charge in [-0.15, -0.1) is 0 Å². The summed E-state index contributed by atoms with van der Waals surface area (Å²) >= 11 is 0. The molecular formula is C16H19N3O3S. The molecule has 0 saturated carbocycles. The van der Waals surface area contributed by atoms with E-state index in [1.165, 1.54) is 0 Å². The first-order valence-corrected chi connectivity index (χ1v) is 8.85. The maximum Gasteiger partial charge on any atom is 0.240 e. The third-order valence-corrected chi connectivity index (χ3v) is 5.50. The summed E-state index contributed by atoms with van der Waals surface area (Å²) in [6.07, 6.45) is 4.77. The van der Waals surface area contributed by atoms with Crippen molar-refractivity contribution in [3.63, 3.8) is 0 Å². The summed E-state index contributed by atoms with van der Waals surface area (Å²) in [5.41, 5.74) is 2.61. The highest BCUT2D eigenvalue weighted by Gasteiger charge is 2.26. The molecule has 0 saturated heterocycles. The van der Waals surface area contributed by atoms with Crippen molar-refractivity contribution >= 4 is 21.6 Å². The average Bonchev–Trinajstić information content (AvgIpc) is 3.03. The second kappa shape index (κ2) is 5.82. The van der Waals surface area contributed by atoms with E-state index in [4.69, 9.17) is 0 Å². The van der Waals surface area contributed by atoms with Crippen LogP contribution in [0.2, 0.25) is 0 Å². The predicted molar refractivity (Wildman–Crippen MR) is 87.9 cm³/mol. The van der Waals surface area contributed by atoms with Crippen LogP contribution in [-0.2, 0) is 34.7 Å². The lowest BCUT2D eigenvalue weighted by atomic mass is 10.2. The van der Waals surface area contributed by atoms with Gasteiger partial charge in [0.15, 0.2) is 0 Å². The van der Waals surface area contributed by atoms with Gasteiger partial charge in [-0.2, -0.15) is 0 Å². The van der Waals surface area contributed by atoms with E-state index in [1.54, 1.807) is 30.1 Å². The molecule has 1 aromatic carbocycles. The lowest BCUT2D eigenvalue weighted by Gasteiger charge is -2.11. The van der Waals surface area contributed by atoms with Gasteiger partial charge in [-0.1, -0.05) is 0 Å². The predicted octanol–water partition coefficient (Wildman–Crippen LogP) is 1.06. The highest BCUT2D eigenvalue weighted by atomic mass is 32.2. The molecular weight excluding hydrogens is 314 g/mol. The molecule has 0 unspecified atom stereocenters. The van der Waals surface area contributed by atoms with E-state index in [0.29, 0.717) is 13.0 Å². The number of carbonyl (C=O) groups is 1. The molecule has 0 spiro atoms. The van der Waals surface area contributed by atoms with Crippen molar-refractivity contribution in [3.8, 4) is 0 Å². The van der Waals surface area contributed by atoms with Gasteiger partial charge in [-0.3, -0.25) is 4.79 Å². The number of hydrogen-bond acceptors (Lipinski definition) is 3. The van der Waals surface area contributed by atoms with Crippen LogP contribution in [0, 0.1) is 0 Å². The van der Waals surface area contributed by atoms with Crippen LogP contribution in [0.5, 0.6) is 0 Å². The Morgan fingerprint density at radius 2 is 2.00 bits per heavy atom. The quantitative estimate of drug-likeness (QED) is 0.889. The smallest absolute Gasteiger partial charge is 0.240 e. The fourth-order valence-electron chi connectivity index (χ4n) is 2.74. The Hall–Kier alpha value is -2.12. The number of aryl methyl sites for hydroxylation is 1. The van der Waals surface area contributed by atoms with E-state index in [-0.39, 0.29) is 17.2 Å². The maximum atomic E-state index is 12.4. The number of fused-ring (bicyclic) bond motifs is 1. The number of rotatable bonds is 5. The Kier molecular flexibility index (Phi) is 3.99. The summed E-state index contributed by atoms with van der Waals surface area (Å²) in [6, 6.07) is 6.78. The average molecular weight is 333 g/mol. The minimum atomic E-state index is -3.57. The second-order valence-electron chi connectivity index (χ2n) is 5.75. The molecule has 1 aliphatic rings. The molecule has 0 fully saturated rings. The van der Waals surface area contributed by atoms with E-state index < -0.39 is 10.0 Å². The zero-order valence-electron chi connectivity index (χ0n) is 13.1. The third kappa shape index (κ3) is 3.16. The molecule has 2 aromatic rings. The summed E-state index contributed by atoms with van der Waals surface area (Å²) in [5, 5.41) is 0. The molecule has 0 radical (unpaired) electrons. The standard InChI is InChI=1S/C16H19N3O3S/c1-18-8-6-12(11-18)5-7-17-23(21,22)14-3-4-15-13(9-14)10-16(20)19(15)2/h3-4,6,8-9,11,17H,5,7,10H2,1-2H3. The van der Waals surface area contributed by atoms with Crippen LogP contribution >= 0.6 is 0 Å². The van der Waals surface area contributed by atoms with Crippen molar-refractivity contribution in [2.24, 2.45) is 7.05 Å². The molecule has 23 heavy (non-hydrogen) atoms. The minimum Gasteiger partial charge on any atom is -0.357 e. The lowest BCUT2D eigenvalue weighted by molar-refractivity contribution is -0.117. The Morgan fingerprint density at radius 3 is 2.70 bits per heavy atom. The fourth-order valence-corrected chi connectivity index (χ4v) is 3.82. The van der Waals surface area contributed by atoms with Crippen LogP contribution in [-0.4, -0.2) is 32.5 Å². The van der Waals surface area contributed by atoms with Gasteiger partial charge in [0.1, 0.15) is 0 Å². The normalized spacial score (nSPS) is 14.3. The van der Waals surface area contributed by atoms with Crippen LogP contribution in [0.1, 0.15) is 11.1 Å². The first kappa shape index (κ1) is 15.8. The second-order valence-corrected chi connectivity index (χ2v) is 7.52. The number of likely N-dealkylation sites (N-methyl/N-ethyl adjacent to an activating group) is 1. The molecule has 1 aliphatic heterocycles. The number of sulfonamides is 1. The van der Waals surface area contributed by atoms with E-state index >= 15 is 0 Å². The minimum absolute atomic E-state index is 0.0217. The summed E-state index contributed by atoms with van der Waals surface area (Å²) in [7, 11) is 0.0552. The topological polar surface area (TPSA) is 71.4 Å². The first-order valence-electron chi connectivity index (χ1n) is 7.37. The number of hydrogen-bond donors (Lipinski definition) is 1. The van der Waals surface area contributed by atoms with Gasteiger partial charge in [0, 0.05) is 38.7 Å². The van der Waals surface area contributed by atoms with Gasteiger partial charge in [-0.25, -0.2) is 13.1 Å². The van der Waals surface area contributed by atoms with Gasteiger partial charge >= 0.3 is 0 Å². The van der Waals surface area contributed by atoms with E-state index in [1.807, 2.05) is 30.1 Å². The van der Waals surface area contributed by atoms with E-state index in [9.17, 15) is 13.2 Å². The van der Waals surface area contributed by atoms with Crippen LogP contribution < -0.4 is 9.62 Å². The van der Waals surface area contributed by atoms with E-state index in [0.717, 1.165) is 16.8 Å². The molecule has 7 heteroatoms. The largest absolute Gasteiger partial charge is 0.357 e. The molecule has 0 aliphatic carbocycles. The molecule has 1 amide bonds.